The molecule has 1 aromatic rings. The van der Waals surface area contributed by atoms with Gasteiger partial charge in [-0.15, -0.1) is 0 Å². The standard InChI is InChI=1S/C20H25NO5/c1-6-25-19(22)16-11-15(21-13(3)9-8-10-14(21)4)12-17(18(16)24-5)20(23)26-7-2/h9-12H,6-8H2,1-5H3. The molecule has 0 fully saturated rings. The average Bonchev–Trinajstić information content (AvgIpc) is 2.61. The van der Waals surface area contributed by atoms with E-state index in [9.17, 15) is 9.59 Å². The van der Waals surface area contributed by atoms with Crippen molar-refractivity contribution in [1.29, 1.82) is 0 Å². The summed E-state index contributed by atoms with van der Waals surface area (Å²) >= 11 is 0. The number of hydrogen-bond acceptors (Lipinski definition) is 6. The first-order valence-corrected chi connectivity index (χ1v) is 8.64. The Morgan fingerprint density at radius 2 is 1.42 bits per heavy atom. The lowest BCUT2D eigenvalue weighted by atomic mass is 10.0. The van der Waals surface area contributed by atoms with Crippen LogP contribution >= 0.6 is 0 Å². The summed E-state index contributed by atoms with van der Waals surface area (Å²) in [6, 6.07) is 3.36. The topological polar surface area (TPSA) is 65.1 Å². The zero-order chi connectivity index (χ0) is 19.3. The number of esters is 2. The Bertz CT molecular complexity index is 706. The van der Waals surface area contributed by atoms with Gasteiger partial charge in [-0.25, -0.2) is 9.59 Å². The Morgan fingerprint density at radius 3 is 1.81 bits per heavy atom. The second kappa shape index (κ2) is 8.56. The van der Waals surface area contributed by atoms with Gasteiger partial charge in [0.05, 0.1) is 20.3 Å². The first kappa shape index (κ1) is 19.6. The van der Waals surface area contributed by atoms with E-state index in [1.807, 2.05) is 18.7 Å². The van der Waals surface area contributed by atoms with E-state index in [1.54, 1.807) is 26.0 Å². The normalized spacial score (nSPS) is 13.7. The maximum Gasteiger partial charge on any atom is 0.342 e. The molecule has 0 saturated carbocycles. The summed E-state index contributed by atoms with van der Waals surface area (Å²) in [4.78, 5) is 26.9. The number of nitrogens with zero attached hydrogens (tertiary/aromatic N) is 1. The Balaban J connectivity index is 2.67. The molecular formula is C20H25NO5. The summed E-state index contributed by atoms with van der Waals surface area (Å²) in [5.74, 6) is -0.931. The summed E-state index contributed by atoms with van der Waals surface area (Å²) in [7, 11) is 1.41. The molecule has 1 aliphatic rings. The van der Waals surface area contributed by atoms with Gasteiger partial charge in [-0.3, -0.25) is 0 Å². The van der Waals surface area contributed by atoms with E-state index in [0.29, 0.717) is 5.69 Å². The highest BCUT2D eigenvalue weighted by Gasteiger charge is 2.26. The molecule has 0 N–H and O–H groups in total. The third-order valence-electron chi connectivity index (χ3n) is 4.06. The third-order valence-corrected chi connectivity index (χ3v) is 4.06. The largest absolute Gasteiger partial charge is 0.495 e. The molecule has 0 unspecified atom stereocenters. The van der Waals surface area contributed by atoms with Crippen molar-refractivity contribution in [1.82, 2.24) is 0 Å². The van der Waals surface area contributed by atoms with Gasteiger partial charge < -0.3 is 19.1 Å². The number of carbonyl (C=O) groups is 2. The predicted molar refractivity (Wildman–Crippen MR) is 99.5 cm³/mol. The van der Waals surface area contributed by atoms with Gasteiger partial charge in [-0.1, -0.05) is 12.2 Å². The molecule has 0 amide bonds. The second-order valence-corrected chi connectivity index (χ2v) is 5.78. The molecule has 1 aromatic carbocycles. The molecule has 0 saturated heterocycles. The number of hydrogen-bond donors (Lipinski definition) is 0. The van der Waals surface area contributed by atoms with Crippen LogP contribution in [-0.2, 0) is 9.47 Å². The zero-order valence-electron chi connectivity index (χ0n) is 15.9. The molecule has 2 rings (SSSR count). The number of benzene rings is 1. The van der Waals surface area contributed by atoms with E-state index in [4.69, 9.17) is 14.2 Å². The van der Waals surface area contributed by atoms with Crippen molar-refractivity contribution in [2.45, 2.75) is 34.1 Å². The lowest BCUT2D eigenvalue weighted by Gasteiger charge is -2.30. The van der Waals surface area contributed by atoms with Gasteiger partial charge in [-0.2, -0.15) is 0 Å². The minimum absolute atomic E-state index is 0.158. The molecule has 0 aromatic heterocycles. The van der Waals surface area contributed by atoms with Crippen LogP contribution in [0.2, 0.25) is 0 Å². The molecule has 6 heteroatoms. The highest BCUT2D eigenvalue weighted by molar-refractivity contribution is 6.02. The van der Waals surface area contributed by atoms with Gasteiger partial charge in [0.25, 0.3) is 0 Å². The lowest BCUT2D eigenvalue weighted by Crippen LogP contribution is -2.22. The molecule has 0 atom stereocenters. The number of methoxy groups -OCH3 is 1. The van der Waals surface area contributed by atoms with Crippen LogP contribution in [0.25, 0.3) is 0 Å². The van der Waals surface area contributed by atoms with E-state index in [1.165, 1.54) is 7.11 Å². The number of rotatable bonds is 6. The smallest absolute Gasteiger partial charge is 0.342 e. The average molecular weight is 359 g/mol. The lowest BCUT2D eigenvalue weighted by molar-refractivity contribution is 0.0518. The molecule has 0 bridgehead atoms. The minimum atomic E-state index is -0.544. The van der Waals surface area contributed by atoms with Crippen molar-refractivity contribution >= 4 is 17.6 Å². The molecular weight excluding hydrogens is 334 g/mol. The second-order valence-electron chi connectivity index (χ2n) is 5.78. The van der Waals surface area contributed by atoms with E-state index >= 15 is 0 Å². The van der Waals surface area contributed by atoms with Gasteiger partial charge in [0.15, 0.2) is 0 Å². The number of ether oxygens (including phenoxy) is 3. The van der Waals surface area contributed by atoms with Gasteiger partial charge in [0, 0.05) is 17.1 Å². The van der Waals surface area contributed by atoms with Crippen molar-refractivity contribution < 1.29 is 23.8 Å². The van der Waals surface area contributed by atoms with E-state index in [0.717, 1.165) is 17.8 Å². The van der Waals surface area contributed by atoms with Gasteiger partial charge >= 0.3 is 11.9 Å². The quantitative estimate of drug-likeness (QED) is 0.714. The maximum absolute atomic E-state index is 12.5. The number of allylic oxidation sites excluding steroid dienone is 4. The van der Waals surface area contributed by atoms with Crippen molar-refractivity contribution in [3.05, 3.63) is 46.8 Å². The number of carbonyl (C=O) groups excluding carboxylic acids is 2. The Morgan fingerprint density at radius 1 is 0.962 bits per heavy atom. The molecule has 26 heavy (non-hydrogen) atoms. The molecule has 1 heterocycles. The highest BCUT2D eigenvalue weighted by atomic mass is 16.5. The SMILES string of the molecule is CCOC(=O)c1cc(N2C(C)=CCC=C2C)cc(C(=O)OCC)c1OC. The third kappa shape index (κ3) is 3.90. The first-order valence-electron chi connectivity index (χ1n) is 8.64. The Labute approximate surface area is 154 Å². The molecule has 1 aliphatic heterocycles. The van der Waals surface area contributed by atoms with Gasteiger partial charge in [0.2, 0.25) is 0 Å². The fourth-order valence-corrected chi connectivity index (χ4v) is 2.95. The van der Waals surface area contributed by atoms with E-state index in [-0.39, 0.29) is 30.1 Å². The Hall–Kier alpha value is -2.76. The van der Waals surface area contributed by atoms with Gasteiger partial charge in [0.1, 0.15) is 16.9 Å². The first-order chi connectivity index (χ1) is 12.4. The van der Waals surface area contributed by atoms with E-state index in [2.05, 4.69) is 12.2 Å². The van der Waals surface area contributed by atoms with Crippen molar-refractivity contribution in [3.8, 4) is 5.75 Å². The summed E-state index contributed by atoms with van der Waals surface area (Å²) in [5, 5.41) is 0. The maximum atomic E-state index is 12.5. The van der Waals surface area contributed by atoms with Crippen LogP contribution in [0.3, 0.4) is 0 Å². The predicted octanol–water partition coefficient (Wildman–Crippen LogP) is 4.07. The Kier molecular flexibility index (Phi) is 6.44. The summed E-state index contributed by atoms with van der Waals surface area (Å²) < 4.78 is 15.6. The minimum Gasteiger partial charge on any atom is -0.495 e. The van der Waals surface area contributed by atoms with Crippen LogP contribution in [-0.4, -0.2) is 32.3 Å². The molecule has 0 spiro atoms. The fourth-order valence-electron chi connectivity index (χ4n) is 2.95. The van der Waals surface area contributed by atoms with Gasteiger partial charge in [-0.05, 0) is 46.2 Å². The van der Waals surface area contributed by atoms with Crippen LogP contribution in [0.4, 0.5) is 5.69 Å². The summed E-state index contributed by atoms with van der Waals surface area (Å²) in [5.41, 5.74) is 3.10. The van der Waals surface area contributed by atoms with Crippen LogP contribution in [0, 0.1) is 0 Å². The monoisotopic (exact) mass is 359 g/mol. The van der Waals surface area contributed by atoms with Crippen LogP contribution in [0.5, 0.6) is 5.75 Å². The summed E-state index contributed by atoms with van der Waals surface area (Å²) in [6.07, 6.45) is 5.00. The van der Waals surface area contributed by atoms with Crippen molar-refractivity contribution in [3.63, 3.8) is 0 Å². The zero-order valence-corrected chi connectivity index (χ0v) is 15.9. The summed E-state index contributed by atoms with van der Waals surface area (Å²) in [6.45, 7) is 7.87. The van der Waals surface area contributed by atoms with E-state index < -0.39 is 11.9 Å². The van der Waals surface area contributed by atoms with Crippen LogP contribution < -0.4 is 9.64 Å². The van der Waals surface area contributed by atoms with Crippen molar-refractivity contribution in [2.24, 2.45) is 0 Å². The molecule has 140 valence electrons. The molecule has 0 aliphatic carbocycles. The molecule has 6 nitrogen and oxygen atoms in total. The fraction of sp³-hybridized carbons (Fsp3) is 0.400. The molecule has 0 radical (unpaired) electrons. The highest BCUT2D eigenvalue weighted by Crippen LogP contribution is 2.35. The van der Waals surface area contributed by atoms with Crippen LogP contribution in [0.15, 0.2) is 35.7 Å². The van der Waals surface area contributed by atoms with Crippen molar-refractivity contribution in [2.75, 3.05) is 25.2 Å². The number of anilines is 1. The van der Waals surface area contributed by atoms with Crippen LogP contribution in [0.1, 0.15) is 54.8 Å².